The molecular weight excluding hydrogens is 296 g/mol. The quantitative estimate of drug-likeness (QED) is 0.843. The van der Waals surface area contributed by atoms with E-state index in [1.165, 1.54) is 0 Å². The first kappa shape index (κ1) is 14.7. The monoisotopic (exact) mass is 312 g/mol. The standard InChI is InChI=1S/C13H17BrN2O2/c1-4-9(3)15-12(17)13(18)16-11-6-5-10(14)7-8(11)2/h5-7,9H,4H2,1-3H3,(H,15,17)(H,16,18). The molecule has 0 fully saturated rings. The smallest absolute Gasteiger partial charge is 0.313 e. The Morgan fingerprint density at radius 3 is 2.56 bits per heavy atom. The third kappa shape index (κ3) is 4.14. The molecule has 4 nitrogen and oxygen atoms in total. The molecule has 0 radical (unpaired) electrons. The van der Waals surface area contributed by atoms with Crippen molar-refractivity contribution in [1.82, 2.24) is 5.32 Å². The van der Waals surface area contributed by atoms with E-state index < -0.39 is 11.8 Å². The number of amides is 2. The molecule has 0 heterocycles. The average Bonchev–Trinajstić information content (AvgIpc) is 2.32. The summed E-state index contributed by atoms with van der Waals surface area (Å²) in [6, 6.07) is 5.44. The maximum atomic E-state index is 11.7. The molecule has 1 aromatic carbocycles. The highest BCUT2D eigenvalue weighted by Crippen LogP contribution is 2.19. The van der Waals surface area contributed by atoms with Gasteiger partial charge in [-0.3, -0.25) is 9.59 Å². The molecule has 0 aliphatic rings. The number of carbonyl (C=O) groups is 2. The molecule has 2 N–H and O–H groups in total. The highest BCUT2D eigenvalue weighted by atomic mass is 79.9. The summed E-state index contributed by atoms with van der Waals surface area (Å²) in [4.78, 5) is 23.2. The average molecular weight is 313 g/mol. The van der Waals surface area contributed by atoms with Crippen LogP contribution in [0.25, 0.3) is 0 Å². The summed E-state index contributed by atoms with van der Waals surface area (Å²) in [6.07, 6.45) is 0.788. The zero-order valence-electron chi connectivity index (χ0n) is 10.7. The molecule has 0 aliphatic heterocycles. The Bertz CT molecular complexity index is 460. The number of rotatable bonds is 3. The van der Waals surface area contributed by atoms with Crippen LogP contribution in [0.4, 0.5) is 5.69 Å². The van der Waals surface area contributed by atoms with Crippen molar-refractivity contribution < 1.29 is 9.59 Å². The molecule has 1 unspecified atom stereocenters. The lowest BCUT2D eigenvalue weighted by Gasteiger charge is -2.12. The van der Waals surface area contributed by atoms with Gasteiger partial charge in [0.2, 0.25) is 0 Å². The predicted molar refractivity (Wildman–Crippen MR) is 75.4 cm³/mol. The van der Waals surface area contributed by atoms with E-state index in [1.807, 2.05) is 32.9 Å². The van der Waals surface area contributed by atoms with Crippen molar-refractivity contribution in [3.8, 4) is 0 Å². The predicted octanol–water partition coefficient (Wildman–Crippen LogP) is 2.61. The van der Waals surface area contributed by atoms with E-state index in [9.17, 15) is 9.59 Å². The lowest BCUT2D eigenvalue weighted by atomic mass is 10.2. The van der Waals surface area contributed by atoms with Crippen LogP contribution in [0.15, 0.2) is 22.7 Å². The van der Waals surface area contributed by atoms with Crippen LogP contribution in [-0.4, -0.2) is 17.9 Å². The molecule has 0 aliphatic carbocycles. The van der Waals surface area contributed by atoms with Crippen LogP contribution in [0.1, 0.15) is 25.8 Å². The SMILES string of the molecule is CCC(C)NC(=O)C(=O)Nc1ccc(Br)cc1C. The first-order chi connectivity index (χ1) is 8.43. The number of carbonyl (C=O) groups excluding carboxylic acids is 2. The summed E-state index contributed by atoms with van der Waals surface area (Å²) < 4.78 is 0.932. The molecule has 0 saturated carbocycles. The number of nitrogens with one attached hydrogen (secondary N) is 2. The van der Waals surface area contributed by atoms with Crippen molar-refractivity contribution in [2.24, 2.45) is 0 Å². The molecule has 98 valence electrons. The van der Waals surface area contributed by atoms with Crippen molar-refractivity contribution in [3.05, 3.63) is 28.2 Å². The third-order valence-electron chi connectivity index (χ3n) is 2.63. The maximum absolute atomic E-state index is 11.7. The van der Waals surface area contributed by atoms with E-state index in [2.05, 4.69) is 26.6 Å². The van der Waals surface area contributed by atoms with Crippen molar-refractivity contribution in [3.63, 3.8) is 0 Å². The topological polar surface area (TPSA) is 58.2 Å². The Morgan fingerprint density at radius 1 is 1.33 bits per heavy atom. The van der Waals surface area contributed by atoms with Gasteiger partial charge in [0.05, 0.1) is 0 Å². The molecule has 1 rings (SSSR count). The van der Waals surface area contributed by atoms with Gasteiger partial charge in [-0.1, -0.05) is 22.9 Å². The van der Waals surface area contributed by atoms with Gasteiger partial charge in [-0.05, 0) is 44.0 Å². The van der Waals surface area contributed by atoms with E-state index in [1.54, 1.807) is 6.07 Å². The van der Waals surface area contributed by atoms with Crippen molar-refractivity contribution >= 4 is 33.4 Å². The van der Waals surface area contributed by atoms with Crippen LogP contribution in [0.2, 0.25) is 0 Å². The van der Waals surface area contributed by atoms with Gasteiger partial charge in [0.15, 0.2) is 0 Å². The van der Waals surface area contributed by atoms with Gasteiger partial charge >= 0.3 is 11.8 Å². The van der Waals surface area contributed by atoms with E-state index in [-0.39, 0.29) is 6.04 Å². The summed E-state index contributed by atoms with van der Waals surface area (Å²) in [5.74, 6) is -1.24. The van der Waals surface area contributed by atoms with Crippen LogP contribution in [0, 0.1) is 6.92 Å². The minimum atomic E-state index is -0.638. The normalized spacial score (nSPS) is 11.8. The highest BCUT2D eigenvalue weighted by Gasteiger charge is 2.16. The Balaban J connectivity index is 2.67. The van der Waals surface area contributed by atoms with E-state index >= 15 is 0 Å². The fraction of sp³-hybridized carbons (Fsp3) is 0.385. The number of hydrogen-bond acceptors (Lipinski definition) is 2. The van der Waals surface area contributed by atoms with E-state index in [0.717, 1.165) is 16.5 Å². The van der Waals surface area contributed by atoms with Crippen LogP contribution in [-0.2, 0) is 9.59 Å². The second-order valence-electron chi connectivity index (χ2n) is 4.20. The van der Waals surface area contributed by atoms with Gasteiger partial charge < -0.3 is 10.6 Å². The molecule has 0 spiro atoms. The first-order valence-corrected chi connectivity index (χ1v) is 6.61. The van der Waals surface area contributed by atoms with E-state index in [4.69, 9.17) is 0 Å². The minimum Gasteiger partial charge on any atom is -0.345 e. The minimum absolute atomic E-state index is 0.00531. The Morgan fingerprint density at radius 2 is 2.00 bits per heavy atom. The maximum Gasteiger partial charge on any atom is 0.313 e. The molecule has 0 bridgehead atoms. The van der Waals surface area contributed by atoms with Gasteiger partial charge in [0.1, 0.15) is 0 Å². The number of hydrogen-bond donors (Lipinski definition) is 2. The fourth-order valence-electron chi connectivity index (χ4n) is 1.34. The zero-order chi connectivity index (χ0) is 13.7. The number of benzene rings is 1. The second kappa shape index (κ2) is 6.54. The zero-order valence-corrected chi connectivity index (χ0v) is 12.3. The van der Waals surface area contributed by atoms with Crippen molar-refractivity contribution in [1.29, 1.82) is 0 Å². The number of halogens is 1. The van der Waals surface area contributed by atoms with Crippen LogP contribution in [0.3, 0.4) is 0 Å². The fourth-order valence-corrected chi connectivity index (χ4v) is 1.81. The third-order valence-corrected chi connectivity index (χ3v) is 3.13. The van der Waals surface area contributed by atoms with E-state index in [0.29, 0.717) is 5.69 Å². The van der Waals surface area contributed by atoms with Gasteiger partial charge in [0, 0.05) is 16.2 Å². The lowest BCUT2D eigenvalue weighted by Crippen LogP contribution is -2.40. The molecule has 0 saturated heterocycles. The van der Waals surface area contributed by atoms with Crippen molar-refractivity contribution in [2.75, 3.05) is 5.32 Å². The molecule has 18 heavy (non-hydrogen) atoms. The van der Waals surface area contributed by atoms with Crippen LogP contribution in [0.5, 0.6) is 0 Å². The summed E-state index contributed by atoms with van der Waals surface area (Å²) in [5, 5.41) is 5.22. The first-order valence-electron chi connectivity index (χ1n) is 5.82. The van der Waals surface area contributed by atoms with Crippen molar-refractivity contribution in [2.45, 2.75) is 33.2 Å². The highest BCUT2D eigenvalue weighted by molar-refractivity contribution is 9.10. The van der Waals surface area contributed by atoms with Gasteiger partial charge in [-0.25, -0.2) is 0 Å². The summed E-state index contributed by atoms with van der Waals surface area (Å²) in [6.45, 7) is 5.67. The summed E-state index contributed by atoms with van der Waals surface area (Å²) >= 11 is 3.34. The molecular formula is C13H17BrN2O2. The molecule has 1 atom stereocenters. The molecule has 5 heteroatoms. The molecule has 0 aromatic heterocycles. The van der Waals surface area contributed by atoms with Gasteiger partial charge in [-0.15, -0.1) is 0 Å². The lowest BCUT2D eigenvalue weighted by molar-refractivity contribution is -0.136. The molecule has 1 aromatic rings. The van der Waals surface area contributed by atoms with Crippen LogP contribution >= 0.6 is 15.9 Å². The summed E-state index contributed by atoms with van der Waals surface area (Å²) in [5.41, 5.74) is 1.54. The van der Waals surface area contributed by atoms with Gasteiger partial charge in [0.25, 0.3) is 0 Å². The Kier molecular flexibility index (Phi) is 5.34. The van der Waals surface area contributed by atoms with Gasteiger partial charge in [-0.2, -0.15) is 0 Å². The molecule has 2 amide bonds. The Hall–Kier alpha value is -1.36. The van der Waals surface area contributed by atoms with Crippen LogP contribution < -0.4 is 10.6 Å². The summed E-state index contributed by atoms with van der Waals surface area (Å²) in [7, 11) is 0. The number of aryl methyl sites for hydroxylation is 1. The second-order valence-corrected chi connectivity index (χ2v) is 5.11. The largest absolute Gasteiger partial charge is 0.345 e. The number of anilines is 1. The Labute approximate surface area is 115 Å².